The van der Waals surface area contributed by atoms with Crippen LogP contribution in [-0.2, 0) is 6.54 Å². The molecule has 0 aliphatic rings. The maximum absolute atomic E-state index is 9.45. The summed E-state index contributed by atoms with van der Waals surface area (Å²) in [5.74, 6) is 1.14. The largest absolute Gasteiger partial charge is 0.508 e. The van der Waals surface area contributed by atoms with Crippen LogP contribution in [0.2, 0.25) is 0 Å². The van der Waals surface area contributed by atoms with E-state index >= 15 is 0 Å². The molecule has 0 saturated heterocycles. The zero-order chi connectivity index (χ0) is 14.7. The van der Waals surface area contributed by atoms with Gasteiger partial charge in [0.2, 0.25) is 0 Å². The van der Waals surface area contributed by atoms with Crippen LogP contribution in [-0.4, -0.2) is 12.2 Å². The molecular formula is C18H17NO2. The Morgan fingerprint density at radius 3 is 2.57 bits per heavy atom. The molecule has 0 spiro atoms. The fourth-order valence-electron chi connectivity index (χ4n) is 2.33. The standard InChI is InChI=1S/C18H17NO2/c1-21-18-8-7-14-9-13(5-6-15(14)10-18)12-19-16-3-2-4-17(20)11-16/h2-11,19-20H,12H2,1H3. The lowest BCUT2D eigenvalue weighted by molar-refractivity contribution is 0.415. The van der Waals surface area contributed by atoms with Crippen LogP contribution < -0.4 is 10.1 Å². The number of aromatic hydroxyl groups is 1. The highest BCUT2D eigenvalue weighted by molar-refractivity contribution is 5.84. The van der Waals surface area contributed by atoms with Crippen LogP contribution in [0.4, 0.5) is 5.69 Å². The van der Waals surface area contributed by atoms with Gasteiger partial charge >= 0.3 is 0 Å². The Bertz CT molecular complexity index is 768. The zero-order valence-electron chi connectivity index (χ0n) is 11.8. The quantitative estimate of drug-likeness (QED) is 0.753. The number of fused-ring (bicyclic) bond motifs is 1. The topological polar surface area (TPSA) is 41.5 Å². The lowest BCUT2D eigenvalue weighted by Gasteiger charge is -2.08. The SMILES string of the molecule is COc1ccc2cc(CNc3cccc(O)c3)ccc2c1. The van der Waals surface area contributed by atoms with E-state index in [-0.39, 0.29) is 5.75 Å². The number of phenols is 1. The van der Waals surface area contributed by atoms with Gasteiger partial charge in [0.25, 0.3) is 0 Å². The summed E-state index contributed by atoms with van der Waals surface area (Å²) in [6.07, 6.45) is 0. The number of hydrogen-bond acceptors (Lipinski definition) is 3. The summed E-state index contributed by atoms with van der Waals surface area (Å²) >= 11 is 0. The molecule has 0 saturated carbocycles. The van der Waals surface area contributed by atoms with Crippen LogP contribution in [0, 0.1) is 0 Å². The molecule has 0 radical (unpaired) electrons. The van der Waals surface area contributed by atoms with E-state index in [0.29, 0.717) is 6.54 Å². The number of phenolic OH excluding ortho intramolecular Hbond substituents is 1. The van der Waals surface area contributed by atoms with Crippen molar-refractivity contribution in [2.45, 2.75) is 6.54 Å². The van der Waals surface area contributed by atoms with Gasteiger partial charge in [-0.15, -0.1) is 0 Å². The second-order valence-corrected chi connectivity index (χ2v) is 4.95. The molecule has 0 bridgehead atoms. The molecule has 0 fully saturated rings. The van der Waals surface area contributed by atoms with Crippen molar-refractivity contribution in [3.63, 3.8) is 0 Å². The highest BCUT2D eigenvalue weighted by Crippen LogP contribution is 2.22. The average Bonchev–Trinajstić information content (AvgIpc) is 2.52. The maximum Gasteiger partial charge on any atom is 0.119 e. The summed E-state index contributed by atoms with van der Waals surface area (Å²) < 4.78 is 5.23. The molecule has 0 amide bonds. The Kier molecular flexibility index (Phi) is 3.65. The van der Waals surface area contributed by atoms with E-state index < -0.39 is 0 Å². The fourth-order valence-corrected chi connectivity index (χ4v) is 2.33. The van der Waals surface area contributed by atoms with Gasteiger partial charge in [-0.1, -0.05) is 24.3 Å². The van der Waals surface area contributed by atoms with E-state index in [2.05, 4.69) is 29.6 Å². The minimum absolute atomic E-state index is 0.269. The lowest BCUT2D eigenvalue weighted by Crippen LogP contribution is -1.98. The Hall–Kier alpha value is -2.68. The molecule has 3 aromatic rings. The molecule has 21 heavy (non-hydrogen) atoms. The third-order valence-corrected chi connectivity index (χ3v) is 3.45. The second kappa shape index (κ2) is 5.75. The van der Waals surface area contributed by atoms with E-state index in [1.807, 2.05) is 24.3 Å². The van der Waals surface area contributed by atoms with Crippen LogP contribution in [0.5, 0.6) is 11.5 Å². The molecule has 3 aromatic carbocycles. The number of rotatable bonds is 4. The van der Waals surface area contributed by atoms with Crippen molar-refractivity contribution in [3.8, 4) is 11.5 Å². The number of ether oxygens (including phenoxy) is 1. The number of anilines is 1. The lowest BCUT2D eigenvalue weighted by atomic mass is 10.1. The van der Waals surface area contributed by atoms with Crippen LogP contribution in [0.1, 0.15) is 5.56 Å². The van der Waals surface area contributed by atoms with Gasteiger partial charge in [-0.3, -0.25) is 0 Å². The molecule has 0 aliphatic carbocycles. The van der Waals surface area contributed by atoms with E-state index in [0.717, 1.165) is 16.8 Å². The first-order valence-corrected chi connectivity index (χ1v) is 6.84. The summed E-state index contributed by atoms with van der Waals surface area (Å²) in [7, 11) is 1.68. The predicted octanol–water partition coefficient (Wildman–Crippen LogP) is 4.17. The first-order chi connectivity index (χ1) is 10.2. The normalized spacial score (nSPS) is 10.5. The Balaban J connectivity index is 1.78. The molecule has 0 atom stereocenters. The number of hydrogen-bond donors (Lipinski definition) is 2. The summed E-state index contributed by atoms with van der Waals surface area (Å²) in [6.45, 7) is 0.714. The van der Waals surface area contributed by atoms with Crippen LogP contribution in [0.3, 0.4) is 0 Å². The van der Waals surface area contributed by atoms with E-state index in [1.165, 1.54) is 10.9 Å². The number of methoxy groups -OCH3 is 1. The van der Waals surface area contributed by atoms with Crippen LogP contribution in [0.25, 0.3) is 10.8 Å². The predicted molar refractivity (Wildman–Crippen MR) is 85.9 cm³/mol. The summed E-state index contributed by atoms with van der Waals surface area (Å²) in [5.41, 5.74) is 2.10. The monoisotopic (exact) mass is 279 g/mol. The molecule has 3 nitrogen and oxygen atoms in total. The van der Waals surface area contributed by atoms with Crippen molar-refractivity contribution in [1.82, 2.24) is 0 Å². The van der Waals surface area contributed by atoms with Crippen molar-refractivity contribution in [1.29, 1.82) is 0 Å². The summed E-state index contributed by atoms with van der Waals surface area (Å²) in [6, 6.07) is 19.5. The fraction of sp³-hybridized carbons (Fsp3) is 0.111. The van der Waals surface area contributed by atoms with Crippen LogP contribution >= 0.6 is 0 Å². The molecule has 106 valence electrons. The third-order valence-electron chi connectivity index (χ3n) is 3.45. The Morgan fingerprint density at radius 2 is 1.76 bits per heavy atom. The molecule has 3 rings (SSSR count). The molecule has 0 heterocycles. The molecular weight excluding hydrogens is 262 g/mol. The first kappa shape index (κ1) is 13.3. The van der Waals surface area contributed by atoms with Crippen molar-refractivity contribution in [2.24, 2.45) is 0 Å². The maximum atomic E-state index is 9.45. The van der Waals surface area contributed by atoms with Crippen molar-refractivity contribution in [3.05, 3.63) is 66.2 Å². The van der Waals surface area contributed by atoms with E-state index in [9.17, 15) is 5.11 Å². The van der Waals surface area contributed by atoms with Crippen molar-refractivity contribution < 1.29 is 9.84 Å². The Morgan fingerprint density at radius 1 is 0.952 bits per heavy atom. The highest BCUT2D eigenvalue weighted by atomic mass is 16.5. The third kappa shape index (κ3) is 3.08. The van der Waals surface area contributed by atoms with Gasteiger partial charge in [0.1, 0.15) is 11.5 Å². The minimum Gasteiger partial charge on any atom is -0.508 e. The van der Waals surface area contributed by atoms with Gasteiger partial charge in [-0.25, -0.2) is 0 Å². The van der Waals surface area contributed by atoms with Gasteiger partial charge in [-0.05, 0) is 46.7 Å². The summed E-state index contributed by atoms with van der Waals surface area (Å²) in [5, 5.41) is 15.1. The van der Waals surface area contributed by atoms with Gasteiger partial charge < -0.3 is 15.2 Å². The van der Waals surface area contributed by atoms with Gasteiger partial charge in [0.05, 0.1) is 7.11 Å². The van der Waals surface area contributed by atoms with E-state index in [1.54, 1.807) is 19.2 Å². The van der Waals surface area contributed by atoms with Gasteiger partial charge in [-0.2, -0.15) is 0 Å². The minimum atomic E-state index is 0.269. The number of benzene rings is 3. The molecule has 2 N–H and O–H groups in total. The number of nitrogens with one attached hydrogen (secondary N) is 1. The van der Waals surface area contributed by atoms with Gasteiger partial charge in [0.15, 0.2) is 0 Å². The van der Waals surface area contributed by atoms with Crippen molar-refractivity contribution >= 4 is 16.5 Å². The Labute approximate surface area is 123 Å². The van der Waals surface area contributed by atoms with Crippen molar-refractivity contribution in [2.75, 3.05) is 12.4 Å². The molecule has 0 unspecified atom stereocenters. The highest BCUT2D eigenvalue weighted by Gasteiger charge is 2.00. The molecule has 3 heteroatoms. The van der Waals surface area contributed by atoms with Gasteiger partial charge in [0, 0.05) is 18.3 Å². The molecule has 0 aliphatic heterocycles. The average molecular weight is 279 g/mol. The van der Waals surface area contributed by atoms with E-state index in [4.69, 9.17) is 4.74 Å². The smallest absolute Gasteiger partial charge is 0.119 e. The van der Waals surface area contributed by atoms with Crippen LogP contribution in [0.15, 0.2) is 60.7 Å². The first-order valence-electron chi connectivity index (χ1n) is 6.84. The summed E-state index contributed by atoms with van der Waals surface area (Å²) in [4.78, 5) is 0. The second-order valence-electron chi connectivity index (χ2n) is 4.95. The zero-order valence-corrected chi connectivity index (χ0v) is 11.8. The molecule has 0 aromatic heterocycles.